The van der Waals surface area contributed by atoms with Gasteiger partial charge >= 0.3 is 0 Å². The summed E-state index contributed by atoms with van der Waals surface area (Å²) < 4.78 is 20.4. The SMILES string of the molecule is CCCCOc1ccc(C2C(C(=O)C=Cc3ccccc3)=C(O)C(=O)N2c2nnc(SCc3ccccc3F)s2)cc1. The monoisotopic (exact) mass is 601 g/mol. The highest BCUT2D eigenvalue weighted by Crippen LogP contribution is 2.43. The Bertz CT molecular complexity index is 1620. The van der Waals surface area contributed by atoms with Crippen molar-refractivity contribution in [3.8, 4) is 5.75 Å². The second-order valence-electron chi connectivity index (χ2n) is 9.45. The predicted molar refractivity (Wildman–Crippen MR) is 163 cm³/mol. The summed E-state index contributed by atoms with van der Waals surface area (Å²) in [7, 11) is 0. The van der Waals surface area contributed by atoms with Crippen molar-refractivity contribution in [1.29, 1.82) is 0 Å². The van der Waals surface area contributed by atoms with E-state index in [1.54, 1.807) is 48.5 Å². The summed E-state index contributed by atoms with van der Waals surface area (Å²) in [5.74, 6) is -1.21. The molecule has 0 fully saturated rings. The number of unbranched alkanes of at least 4 members (excludes halogenated alkanes) is 1. The van der Waals surface area contributed by atoms with Crippen LogP contribution in [0.2, 0.25) is 0 Å². The third-order valence-electron chi connectivity index (χ3n) is 6.57. The number of ketones is 1. The van der Waals surface area contributed by atoms with Gasteiger partial charge in [-0.25, -0.2) is 4.39 Å². The van der Waals surface area contributed by atoms with E-state index in [9.17, 15) is 19.1 Å². The molecule has 3 aromatic carbocycles. The fraction of sp³-hybridized carbons (Fsp3) is 0.188. The molecule has 1 atom stereocenters. The molecule has 1 N–H and O–H groups in total. The van der Waals surface area contributed by atoms with Crippen LogP contribution in [0.25, 0.3) is 6.08 Å². The van der Waals surface area contributed by atoms with E-state index in [0.717, 1.165) is 29.7 Å². The van der Waals surface area contributed by atoms with Crippen LogP contribution in [0.1, 0.15) is 42.5 Å². The molecule has 1 aliphatic rings. The minimum atomic E-state index is -0.938. The van der Waals surface area contributed by atoms with Gasteiger partial charge in [0.05, 0.1) is 18.2 Å². The van der Waals surface area contributed by atoms with Crippen molar-refractivity contribution in [2.24, 2.45) is 0 Å². The molecule has 1 unspecified atom stereocenters. The maximum Gasteiger partial charge on any atom is 0.296 e. The van der Waals surface area contributed by atoms with E-state index in [-0.39, 0.29) is 16.5 Å². The number of benzene rings is 3. The van der Waals surface area contributed by atoms with Crippen molar-refractivity contribution in [2.75, 3.05) is 11.5 Å². The molecule has 4 aromatic rings. The molecule has 5 rings (SSSR count). The second kappa shape index (κ2) is 13.6. The number of halogens is 1. The zero-order chi connectivity index (χ0) is 29.5. The number of ether oxygens (including phenoxy) is 1. The van der Waals surface area contributed by atoms with Crippen LogP contribution in [0.3, 0.4) is 0 Å². The molecule has 0 aliphatic carbocycles. The zero-order valence-electron chi connectivity index (χ0n) is 22.8. The van der Waals surface area contributed by atoms with Crippen molar-refractivity contribution in [2.45, 2.75) is 35.9 Å². The summed E-state index contributed by atoms with van der Waals surface area (Å²) in [5, 5.41) is 19.6. The van der Waals surface area contributed by atoms with Gasteiger partial charge < -0.3 is 9.84 Å². The van der Waals surface area contributed by atoms with Gasteiger partial charge in [0.15, 0.2) is 15.9 Å². The third kappa shape index (κ3) is 6.61. The number of allylic oxidation sites excluding steroid dienone is 1. The number of aromatic nitrogens is 2. The van der Waals surface area contributed by atoms with Crippen LogP contribution >= 0.6 is 23.1 Å². The molecule has 10 heteroatoms. The Hall–Kier alpha value is -4.28. The molecule has 1 aliphatic heterocycles. The zero-order valence-corrected chi connectivity index (χ0v) is 24.4. The van der Waals surface area contributed by atoms with Gasteiger partial charge in [-0.05, 0) is 47.4 Å². The molecule has 2 heterocycles. The van der Waals surface area contributed by atoms with Gasteiger partial charge in [-0.3, -0.25) is 14.5 Å². The van der Waals surface area contributed by atoms with E-state index < -0.39 is 23.5 Å². The first-order chi connectivity index (χ1) is 20.5. The van der Waals surface area contributed by atoms with Crippen molar-refractivity contribution in [3.05, 3.63) is 119 Å². The van der Waals surface area contributed by atoms with Gasteiger partial charge in [0.1, 0.15) is 11.6 Å². The van der Waals surface area contributed by atoms with Crippen LogP contribution in [0, 0.1) is 5.82 Å². The lowest BCUT2D eigenvalue weighted by Crippen LogP contribution is -2.30. The van der Waals surface area contributed by atoms with E-state index in [1.807, 2.05) is 30.3 Å². The first-order valence-electron chi connectivity index (χ1n) is 13.4. The van der Waals surface area contributed by atoms with Crippen LogP contribution in [0.4, 0.5) is 9.52 Å². The number of amides is 1. The standard InChI is InChI=1S/C32H28FN3O4S2/c1-2-3-19-40-24-16-14-22(15-17-24)28-27(26(37)18-13-21-9-5-4-6-10-21)29(38)30(39)36(28)31-34-35-32(42-31)41-20-23-11-7-8-12-25(23)33/h4-18,28,38H,2-3,19-20H2,1H3. The summed E-state index contributed by atoms with van der Waals surface area (Å²) in [6, 6.07) is 21.9. The lowest BCUT2D eigenvalue weighted by molar-refractivity contribution is -0.117. The van der Waals surface area contributed by atoms with Crippen LogP contribution in [0.5, 0.6) is 5.75 Å². The Morgan fingerprint density at radius 3 is 2.55 bits per heavy atom. The number of carbonyl (C=O) groups is 2. The normalized spacial score (nSPS) is 15.1. The van der Waals surface area contributed by atoms with Gasteiger partial charge in [-0.15, -0.1) is 10.2 Å². The highest BCUT2D eigenvalue weighted by Gasteiger charge is 2.45. The number of nitrogens with zero attached hydrogens (tertiary/aromatic N) is 3. The number of carbonyl (C=O) groups excluding carboxylic acids is 2. The lowest BCUT2D eigenvalue weighted by Gasteiger charge is -2.24. The predicted octanol–water partition coefficient (Wildman–Crippen LogP) is 7.33. The maximum atomic E-state index is 14.1. The summed E-state index contributed by atoms with van der Waals surface area (Å²) in [6.45, 7) is 2.66. The Kier molecular flexibility index (Phi) is 9.45. The molecular formula is C32H28FN3O4S2. The highest BCUT2D eigenvalue weighted by atomic mass is 32.2. The number of hydrogen-bond donors (Lipinski definition) is 1. The first-order valence-corrected chi connectivity index (χ1v) is 15.2. The van der Waals surface area contributed by atoms with Gasteiger partial charge in [-0.2, -0.15) is 0 Å². The van der Waals surface area contributed by atoms with Gasteiger partial charge in [0, 0.05) is 5.75 Å². The lowest BCUT2D eigenvalue weighted by atomic mass is 9.95. The average Bonchev–Trinajstić information content (AvgIpc) is 3.58. The molecule has 214 valence electrons. The minimum Gasteiger partial charge on any atom is -0.503 e. The van der Waals surface area contributed by atoms with Gasteiger partial charge in [0.2, 0.25) is 5.13 Å². The van der Waals surface area contributed by atoms with E-state index in [0.29, 0.717) is 33.6 Å². The number of rotatable bonds is 12. The second-order valence-corrected chi connectivity index (χ2v) is 11.6. The van der Waals surface area contributed by atoms with Crippen molar-refractivity contribution in [3.63, 3.8) is 0 Å². The number of hydrogen-bond acceptors (Lipinski definition) is 8. The summed E-state index contributed by atoms with van der Waals surface area (Å²) >= 11 is 2.42. The highest BCUT2D eigenvalue weighted by molar-refractivity contribution is 8.00. The third-order valence-corrected chi connectivity index (χ3v) is 8.68. The molecule has 0 radical (unpaired) electrons. The summed E-state index contributed by atoms with van der Waals surface area (Å²) in [6.07, 6.45) is 4.91. The van der Waals surface area contributed by atoms with Gasteiger partial charge in [0.25, 0.3) is 5.91 Å². The molecule has 7 nitrogen and oxygen atoms in total. The van der Waals surface area contributed by atoms with Gasteiger partial charge in [-0.1, -0.05) is 103 Å². The Labute approximate surface area is 251 Å². The van der Waals surface area contributed by atoms with E-state index in [4.69, 9.17) is 4.74 Å². The maximum absolute atomic E-state index is 14.1. The fourth-order valence-corrected chi connectivity index (χ4v) is 6.24. The number of aliphatic hydroxyl groups excluding tert-OH is 1. The van der Waals surface area contributed by atoms with Crippen LogP contribution < -0.4 is 9.64 Å². The molecule has 0 saturated carbocycles. The van der Waals surface area contributed by atoms with E-state index in [1.165, 1.54) is 28.8 Å². The molecule has 1 aromatic heterocycles. The van der Waals surface area contributed by atoms with Crippen LogP contribution in [-0.2, 0) is 15.3 Å². The largest absolute Gasteiger partial charge is 0.503 e. The number of thioether (sulfide) groups is 1. The molecule has 0 saturated heterocycles. The quantitative estimate of drug-likeness (QED) is 0.0787. The first kappa shape index (κ1) is 29.2. The molecule has 42 heavy (non-hydrogen) atoms. The van der Waals surface area contributed by atoms with E-state index in [2.05, 4.69) is 17.1 Å². The van der Waals surface area contributed by atoms with Crippen LogP contribution in [0.15, 0.2) is 101 Å². The smallest absolute Gasteiger partial charge is 0.296 e. The average molecular weight is 602 g/mol. The Morgan fingerprint density at radius 2 is 1.81 bits per heavy atom. The number of anilines is 1. The molecule has 0 bridgehead atoms. The Morgan fingerprint density at radius 1 is 1.07 bits per heavy atom. The van der Waals surface area contributed by atoms with Crippen molar-refractivity contribution >= 4 is 46.0 Å². The topological polar surface area (TPSA) is 92.6 Å². The van der Waals surface area contributed by atoms with E-state index >= 15 is 0 Å². The van der Waals surface area contributed by atoms with Crippen molar-refractivity contribution in [1.82, 2.24) is 10.2 Å². The minimum absolute atomic E-state index is 0.0532. The summed E-state index contributed by atoms with van der Waals surface area (Å²) in [4.78, 5) is 28.2. The summed E-state index contributed by atoms with van der Waals surface area (Å²) in [5.41, 5.74) is 1.87. The number of aliphatic hydroxyl groups is 1. The molecule has 0 spiro atoms. The fourth-order valence-electron chi connectivity index (χ4n) is 4.39. The van der Waals surface area contributed by atoms with Crippen LogP contribution in [-0.4, -0.2) is 33.6 Å². The van der Waals surface area contributed by atoms with Crippen molar-refractivity contribution < 1.29 is 23.8 Å². The molecule has 1 amide bonds. The Balaban J connectivity index is 1.45. The molecular weight excluding hydrogens is 574 g/mol.